The number of halogens is 1. The van der Waals surface area contributed by atoms with E-state index in [0.29, 0.717) is 22.1 Å². The van der Waals surface area contributed by atoms with E-state index in [1.165, 1.54) is 4.88 Å². The molecule has 150 valence electrons. The van der Waals surface area contributed by atoms with Crippen molar-refractivity contribution in [2.45, 2.75) is 25.7 Å². The summed E-state index contributed by atoms with van der Waals surface area (Å²) in [5, 5.41) is 3.25. The number of fused-ring (bicyclic) bond motifs is 3. The third kappa shape index (κ3) is 3.32. The van der Waals surface area contributed by atoms with Gasteiger partial charge in [0.05, 0.1) is 0 Å². The third-order valence-corrected chi connectivity index (χ3v) is 6.69. The highest BCUT2D eigenvalue weighted by Crippen LogP contribution is 2.35. The summed E-state index contributed by atoms with van der Waals surface area (Å²) in [6.07, 6.45) is 4.10. The van der Waals surface area contributed by atoms with Gasteiger partial charge in [-0.25, -0.2) is 4.98 Å². The summed E-state index contributed by atoms with van der Waals surface area (Å²) in [6.45, 7) is 0. The van der Waals surface area contributed by atoms with Crippen LogP contribution in [0.25, 0.3) is 16.2 Å². The third-order valence-electron chi connectivity index (χ3n) is 5.29. The average Bonchev–Trinajstić information content (AvgIpc) is 3.31. The second-order valence-electron chi connectivity index (χ2n) is 7.26. The zero-order valence-electron chi connectivity index (χ0n) is 16.0. The number of hydrogen-bond acceptors (Lipinski definition) is 4. The molecule has 0 aliphatic heterocycles. The molecule has 0 spiro atoms. The van der Waals surface area contributed by atoms with Crippen molar-refractivity contribution >= 4 is 45.3 Å². The molecular formula is C23H18ClN3O2S. The maximum absolute atomic E-state index is 13.4. The number of imidazole rings is 1. The van der Waals surface area contributed by atoms with Crippen LogP contribution in [0.3, 0.4) is 0 Å². The summed E-state index contributed by atoms with van der Waals surface area (Å²) in [6, 6.07) is 16.2. The number of benzene rings is 2. The van der Waals surface area contributed by atoms with E-state index in [4.69, 9.17) is 16.6 Å². The number of Topliss-reactive ketones (excluding diaryl/α,β-unsaturated/α-hetero) is 1. The van der Waals surface area contributed by atoms with Crippen LogP contribution >= 0.6 is 22.9 Å². The Kier molecular flexibility index (Phi) is 4.89. The second-order valence-corrected chi connectivity index (χ2v) is 8.76. The van der Waals surface area contributed by atoms with Gasteiger partial charge in [0.2, 0.25) is 0 Å². The molecule has 0 unspecified atom stereocenters. The van der Waals surface area contributed by atoms with E-state index in [1.54, 1.807) is 35.6 Å². The van der Waals surface area contributed by atoms with Gasteiger partial charge in [-0.15, -0.1) is 11.3 Å². The number of carbonyl (C=O) groups is 2. The molecule has 2 aromatic carbocycles. The SMILES string of the molecule is O=C(Nc1ccc(Cl)cc1)C(=O)c1c(-c2ccccc2)nc2sc3c(n12)CCCC3. The van der Waals surface area contributed by atoms with Crippen LogP contribution in [0.2, 0.25) is 5.02 Å². The molecule has 0 bridgehead atoms. The lowest BCUT2D eigenvalue weighted by atomic mass is 10.0. The van der Waals surface area contributed by atoms with Crippen LogP contribution in [0.5, 0.6) is 0 Å². The van der Waals surface area contributed by atoms with Crippen LogP contribution in [0.1, 0.15) is 33.9 Å². The largest absolute Gasteiger partial charge is 0.319 e. The fraction of sp³-hybridized carbons (Fsp3) is 0.174. The Balaban J connectivity index is 1.61. The van der Waals surface area contributed by atoms with Gasteiger partial charge in [-0.3, -0.25) is 14.0 Å². The summed E-state index contributed by atoms with van der Waals surface area (Å²) in [4.78, 5) is 33.1. The number of aryl methyl sites for hydroxylation is 2. The highest BCUT2D eigenvalue weighted by Gasteiger charge is 2.30. The lowest BCUT2D eigenvalue weighted by Gasteiger charge is -2.12. The summed E-state index contributed by atoms with van der Waals surface area (Å²) < 4.78 is 1.91. The van der Waals surface area contributed by atoms with Crippen molar-refractivity contribution in [3.63, 3.8) is 0 Å². The molecule has 0 saturated carbocycles. The maximum atomic E-state index is 13.4. The zero-order chi connectivity index (χ0) is 20.7. The Morgan fingerprint density at radius 2 is 1.73 bits per heavy atom. The highest BCUT2D eigenvalue weighted by atomic mass is 35.5. The maximum Gasteiger partial charge on any atom is 0.298 e. The molecule has 30 heavy (non-hydrogen) atoms. The van der Waals surface area contributed by atoms with Gasteiger partial charge in [0, 0.05) is 26.8 Å². The molecule has 7 heteroatoms. The minimum absolute atomic E-state index is 0.335. The minimum Gasteiger partial charge on any atom is -0.319 e. The monoisotopic (exact) mass is 435 g/mol. The van der Waals surface area contributed by atoms with Crippen molar-refractivity contribution in [1.29, 1.82) is 0 Å². The highest BCUT2D eigenvalue weighted by molar-refractivity contribution is 7.17. The first kappa shape index (κ1) is 19.0. The molecule has 1 aliphatic rings. The van der Waals surface area contributed by atoms with Gasteiger partial charge >= 0.3 is 0 Å². The number of rotatable bonds is 4. The van der Waals surface area contributed by atoms with E-state index in [1.807, 2.05) is 34.7 Å². The van der Waals surface area contributed by atoms with E-state index in [-0.39, 0.29) is 0 Å². The van der Waals surface area contributed by atoms with Crippen LogP contribution in [-0.2, 0) is 17.6 Å². The van der Waals surface area contributed by atoms with Crippen LogP contribution < -0.4 is 5.32 Å². The molecule has 2 aromatic heterocycles. The Hall–Kier alpha value is -2.96. The number of ketones is 1. The summed E-state index contributed by atoms with van der Waals surface area (Å²) in [5.41, 5.74) is 3.33. The smallest absolute Gasteiger partial charge is 0.298 e. The van der Waals surface area contributed by atoms with Gasteiger partial charge in [-0.05, 0) is 49.9 Å². The number of nitrogens with zero attached hydrogens (tertiary/aromatic N) is 2. The Bertz CT molecular complexity index is 1260. The first-order valence-electron chi connectivity index (χ1n) is 9.81. The van der Waals surface area contributed by atoms with Gasteiger partial charge in [0.1, 0.15) is 11.4 Å². The molecule has 5 nitrogen and oxygen atoms in total. The van der Waals surface area contributed by atoms with Gasteiger partial charge in [0.25, 0.3) is 11.7 Å². The number of carbonyl (C=O) groups excluding carboxylic acids is 2. The van der Waals surface area contributed by atoms with E-state index >= 15 is 0 Å². The molecule has 1 aliphatic carbocycles. The first-order valence-corrected chi connectivity index (χ1v) is 11.0. The van der Waals surface area contributed by atoms with Crippen molar-refractivity contribution in [2.75, 3.05) is 5.32 Å². The Morgan fingerprint density at radius 1 is 1.00 bits per heavy atom. The average molecular weight is 436 g/mol. The summed E-state index contributed by atoms with van der Waals surface area (Å²) in [7, 11) is 0. The summed E-state index contributed by atoms with van der Waals surface area (Å²) in [5.74, 6) is -1.28. The molecule has 1 N–H and O–H groups in total. The van der Waals surface area contributed by atoms with Crippen LogP contribution in [-0.4, -0.2) is 21.1 Å². The van der Waals surface area contributed by atoms with Gasteiger partial charge in [-0.2, -0.15) is 0 Å². The van der Waals surface area contributed by atoms with Crippen molar-refractivity contribution in [3.8, 4) is 11.3 Å². The molecule has 0 radical (unpaired) electrons. The van der Waals surface area contributed by atoms with Crippen LogP contribution in [0, 0.1) is 0 Å². The Morgan fingerprint density at radius 3 is 2.50 bits per heavy atom. The standard InChI is InChI=1S/C23H18ClN3O2S/c24-15-10-12-16(13-11-15)25-22(29)21(28)20-19(14-6-2-1-3-7-14)26-23-27(20)17-8-4-5-9-18(17)30-23/h1-3,6-7,10-13H,4-5,8-9H2,(H,25,29). The minimum atomic E-state index is -0.688. The van der Waals surface area contributed by atoms with Crippen LogP contribution in [0.15, 0.2) is 54.6 Å². The zero-order valence-corrected chi connectivity index (χ0v) is 17.6. The Labute approximate surface area is 182 Å². The lowest BCUT2D eigenvalue weighted by molar-refractivity contribution is -0.112. The van der Waals surface area contributed by atoms with E-state index in [0.717, 1.165) is 41.9 Å². The summed E-state index contributed by atoms with van der Waals surface area (Å²) >= 11 is 7.53. The molecule has 0 atom stereocenters. The fourth-order valence-electron chi connectivity index (χ4n) is 3.87. The quantitative estimate of drug-likeness (QED) is 0.344. The predicted octanol–water partition coefficient (Wildman–Crippen LogP) is 5.42. The van der Waals surface area contributed by atoms with Crippen LogP contribution in [0.4, 0.5) is 5.69 Å². The van der Waals surface area contributed by atoms with E-state index < -0.39 is 11.7 Å². The van der Waals surface area contributed by atoms with Crippen molar-refractivity contribution < 1.29 is 9.59 Å². The van der Waals surface area contributed by atoms with Gasteiger partial charge in [0.15, 0.2) is 4.96 Å². The van der Waals surface area contributed by atoms with Crippen molar-refractivity contribution in [1.82, 2.24) is 9.38 Å². The molecular weight excluding hydrogens is 418 g/mol. The lowest BCUT2D eigenvalue weighted by Crippen LogP contribution is -2.25. The fourth-order valence-corrected chi connectivity index (χ4v) is 5.21. The molecule has 0 saturated heterocycles. The predicted molar refractivity (Wildman–Crippen MR) is 120 cm³/mol. The second kappa shape index (κ2) is 7.70. The molecule has 5 rings (SSSR count). The van der Waals surface area contributed by atoms with Crippen molar-refractivity contribution in [3.05, 3.63) is 75.9 Å². The number of anilines is 1. The number of hydrogen-bond donors (Lipinski definition) is 1. The van der Waals surface area contributed by atoms with E-state index in [9.17, 15) is 9.59 Å². The number of thiazole rings is 1. The van der Waals surface area contributed by atoms with Gasteiger partial charge < -0.3 is 5.32 Å². The molecule has 1 amide bonds. The van der Waals surface area contributed by atoms with E-state index in [2.05, 4.69) is 5.32 Å². The number of nitrogens with one attached hydrogen (secondary N) is 1. The van der Waals surface area contributed by atoms with Gasteiger partial charge in [-0.1, -0.05) is 41.9 Å². The molecule has 0 fully saturated rings. The van der Waals surface area contributed by atoms with Crippen molar-refractivity contribution in [2.24, 2.45) is 0 Å². The number of amides is 1. The normalized spacial score (nSPS) is 13.2. The molecule has 4 aromatic rings. The first-order chi connectivity index (χ1) is 14.6. The topological polar surface area (TPSA) is 63.5 Å². The number of aromatic nitrogens is 2. The molecule has 2 heterocycles.